The lowest BCUT2D eigenvalue weighted by atomic mass is 10.1. The number of rotatable bonds is 5. The fraction of sp³-hybridized carbons (Fsp3) is 0.238. The van der Waals surface area contributed by atoms with Gasteiger partial charge in [-0.2, -0.15) is 5.26 Å². The highest BCUT2D eigenvalue weighted by molar-refractivity contribution is 6.42. The highest BCUT2D eigenvalue weighted by atomic mass is 35.5. The molecule has 1 heterocycles. The van der Waals surface area contributed by atoms with Crippen molar-refractivity contribution in [2.75, 3.05) is 43.6 Å². The van der Waals surface area contributed by atoms with Crippen LogP contribution < -0.4 is 15.0 Å². The Hall–Kier alpha value is -2.72. The summed E-state index contributed by atoms with van der Waals surface area (Å²) in [5.41, 5.74) is 2.01. The topological polar surface area (TPSA) is 74.6 Å². The van der Waals surface area contributed by atoms with Crippen LogP contribution in [0.25, 0.3) is 6.08 Å². The van der Waals surface area contributed by atoms with Crippen LogP contribution in [0.15, 0.2) is 42.0 Å². The van der Waals surface area contributed by atoms with Gasteiger partial charge < -0.3 is 19.7 Å². The van der Waals surface area contributed by atoms with E-state index in [9.17, 15) is 10.1 Å². The molecule has 29 heavy (non-hydrogen) atoms. The molecule has 1 saturated heterocycles. The van der Waals surface area contributed by atoms with E-state index in [0.29, 0.717) is 40.3 Å². The van der Waals surface area contributed by atoms with Crippen molar-refractivity contribution in [1.82, 2.24) is 0 Å². The Morgan fingerprint density at radius 2 is 1.97 bits per heavy atom. The Morgan fingerprint density at radius 3 is 2.62 bits per heavy atom. The third-order valence-corrected chi connectivity index (χ3v) is 5.17. The number of hydrogen-bond donors (Lipinski definition) is 1. The van der Waals surface area contributed by atoms with Crippen molar-refractivity contribution in [2.45, 2.75) is 0 Å². The Labute approximate surface area is 179 Å². The molecule has 1 aliphatic heterocycles. The van der Waals surface area contributed by atoms with Gasteiger partial charge in [0.15, 0.2) is 0 Å². The summed E-state index contributed by atoms with van der Waals surface area (Å²) in [6.07, 6.45) is 1.49. The van der Waals surface area contributed by atoms with Crippen LogP contribution in [0.2, 0.25) is 10.0 Å². The molecule has 2 aromatic carbocycles. The predicted molar refractivity (Wildman–Crippen MR) is 115 cm³/mol. The molecule has 150 valence electrons. The van der Waals surface area contributed by atoms with E-state index in [4.69, 9.17) is 32.7 Å². The quantitative estimate of drug-likeness (QED) is 0.561. The van der Waals surface area contributed by atoms with Crippen LogP contribution in [-0.4, -0.2) is 39.3 Å². The fourth-order valence-electron chi connectivity index (χ4n) is 2.91. The number of nitrogens with zero attached hydrogens (tertiary/aromatic N) is 2. The van der Waals surface area contributed by atoms with Gasteiger partial charge in [0.2, 0.25) is 0 Å². The first-order chi connectivity index (χ1) is 14.0. The SMILES string of the molecule is COc1cc(N2CCOCC2)ccc1/C=C(/C#N)C(=O)Nc1ccc(Cl)c(Cl)c1. The van der Waals surface area contributed by atoms with Gasteiger partial charge in [0.25, 0.3) is 5.91 Å². The molecule has 2 aromatic rings. The van der Waals surface area contributed by atoms with Crippen molar-refractivity contribution in [3.05, 3.63) is 57.6 Å². The lowest BCUT2D eigenvalue weighted by molar-refractivity contribution is -0.112. The summed E-state index contributed by atoms with van der Waals surface area (Å²) < 4.78 is 10.9. The number of ether oxygens (including phenoxy) is 2. The number of morpholine rings is 1. The summed E-state index contributed by atoms with van der Waals surface area (Å²) in [6, 6.07) is 12.3. The molecule has 3 rings (SSSR count). The third-order valence-electron chi connectivity index (χ3n) is 4.44. The molecular weight excluding hydrogens is 413 g/mol. The molecule has 0 bridgehead atoms. The van der Waals surface area contributed by atoms with E-state index in [1.54, 1.807) is 19.2 Å². The second-order valence-electron chi connectivity index (χ2n) is 6.28. The number of nitriles is 1. The zero-order valence-corrected chi connectivity index (χ0v) is 17.3. The minimum absolute atomic E-state index is 0.0616. The number of hydrogen-bond acceptors (Lipinski definition) is 5. The van der Waals surface area contributed by atoms with Crippen LogP contribution in [0.4, 0.5) is 11.4 Å². The van der Waals surface area contributed by atoms with E-state index in [0.717, 1.165) is 18.8 Å². The molecule has 1 N–H and O–H groups in total. The van der Waals surface area contributed by atoms with Crippen molar-refractivity contribution in [1.29, 1.82) is 5.26 Å². The van der Waals surface area contributed by atoms with Crippen LogP contribution in [-0.2, 0) is 9.53 Å². The number of carbonyl (C=O) groups excluding carboxylic acids is 1. The Balaban J connectivity index is 1.82. The number of benzene rings is 2. The molecule has 1 amide bonds. The molecule has 8 heteroatoms. The van der Waals surface area contributed by atoms with E-state index in [1.165, 1.54) is 12.1 Å². The summed E-state index contributed by atoms with van der Waals surface area (Å²) in [5, 5.41) is 12.8. The van der Waals surface area contributed by atoms with Crippen LogP contribution in [0.1, 0.15) is 5.56 Å². The van der Waals surface area contributed by atoms with E-state index >= 15 is 0 Å². The molecule has 0 unspecified atom stereocenters. The number of anilines is 2. The fourth-order valence-corrected chi connectivity index (χ4v) is 3.21. The maximum Gasteiger partial charge on any atom is 0.266 e. The number of nitrogens with one attached hydrogen (secondary N) is 1. The summed E-state index contributed by atoms with van der Waals surface area (Å²) in [5.74, 6) is 0.0225. The average Bonchev–Trinajstić information content (AvgIpc) is 2.75. The summed E-state index contributed by atoms with van der Waals surface area (Å²) >= 11 is 11.9. The molecule has 0 aromatic heterocycles. The number of amides is 1. The standard InChI is InChI=1S/C21H19Cl2N3O3/c1-28-20-12-17(26-6-8-29-9-7-26)4-2-14(20)10-15(13-24)21(27)25-16-3-5-18(22)19(23)11-16/h2-5,10-12H,6-9H2,1H3,(H,25,27)/b15-10-. The van der Waals surface area contributed by atoms with Gasteiger partial charge in [-0.25, -0.2) is 0 Å². The van der Waals surface area contributed by atoms with Gasteiger partial charge in [0.05, 0.1) is 30.4 Å². The van der Waals surface area contributed by atoms with Gasteiger partial charge in [0, 0.05) is 36.1 Å². The Bertz CT molecular complexity index is 980. The van der Waals surface area contributed by atoms with Crippen molar-refractivity contribution >= 4 is 46.6 Å². The minimum atomic E-state index is -0.551. The third kappa shape index (κ3) is 5.21. The first-order valence-corrected chi connectivity index (χ1v) is 9.66. The molecular formula is C21H19Cl2N3O3. The van der Waals surface area contributed by atoms with Crippen LogP contribution in [0.3, 0.4) is 0 Å². The first kappa shape index (κ1) is 21.0. The van der Waals surface area contributed by atoms with Gasteiger partial charge >= 0.3 is 0 Å². The first-order valence-electron chi connectivity index (χ1n) is 8.90. The maximum absolute atomic E-state index is 12.5. The Morgan fingerprint density at radius 1 is 1.21 bits per heavy atom. The van der Waals surface area contributed by atoms with E-state index < -0.39 is 5.91 Å². The van der Waals surface area contributed by atoms with Gasteiger partial charge in [-0.3, -0.25) is 4.79 Å². The largest absolute Gasteiger partial charge is 0.496 e. The normalized spacial score (nSPS) is 14.3. The summed E-state index contributed by atoms with van der Waals surface area (Å²) in [6.45, 7) is 2.95. The summed E-state index contributed by atoms with van der Waals surface area (Å²) in [7, 11) is 1.55. The maximum atomic E-state index is 12.5. The van der Waals surface area contributed by atoms with Gasteiger partial charge in [-0.15, -0.1) is 0 Å². The highest BCUT2D eigenvalue weighted by Crippen LogP contribution is 2.29. The molecule has 0 aliphatic carbocycles. The van der Waals surface area contributed by atoms with Crippen LogP contribution >= 0.6 is 23.2 Å². The lowest BCUT2D eigenvalue weighted by Crippen LogP contribution is -2.36. The van der Waals surface area contributed by atoms with E-state index in [2.05, 4.69) is 10.2 Å². The number of methoxy groups -OCH3 is 1. The molecule has 0 saturated carbocycles. The second kappa shape index (κ2) is 9.66. The van der Waals surface area contributed by atoms with Gasteiger partial charge in [-0.1, -0.05) is 23.2 Å². The lowest BCUT2D eigenvalue weighted by Gasteiger charge is -2.29. The van der Waals surface area contributed by atoms with Crippen molar-refractivity contribution in [3.63, 3.8) is 0 Å². The summed E-state index contributed by atoms with van der Waals surface area (Å²) in [4.78, 5) is 14.7. The Kier molecular flexibility index (Phi) is 6.99. The minimum Gasteiger partial charge on any atom is -0.496 e. The molecule has 0 spiro atoms. The molecule has 0 radical (unpaired) electrons. The van der Waals surface area contributed by atoms with Gasteiger partial charge in [-0.05, 0) is 36.4 Å². The highest BCUT2D eigenvalue weighted by Gasteiger charge is 2.15. The number of halogens is 2. The molecule has 1 aliphatic rings. The van der Waals surface area contributed by atoms with E-state index in [-0.39, 0.29) is 5.57 Å². The van der Waals surface area contributed by atoms with Crippen molar-refractivity contribution < 1.29 is 14.3 Å². The van der Waals surface area contributed by atoms with E-state index in [1.807, 2.05) is 24.3 Å². The zero-order chi connectivity index (χ0) is 20.8. The molecule has 1 fully saturated rings. The smallest absolute Gasteiger partial charge is 0.266 e. The second-order valence-corrected chi connectivity index (χ2v) is 7.09. The molecule has 6 nitrogen and oxygen atoms in total. The van der Waals surface area contributed by atoms with Crippen molar-refractivity contribution in [2.24, 2.45) is 0 Å². The van der Waals surface area contributed by atoms with Crippen LogP contribution in [0.5, 0.6) is 5.75 Å². The van der Waals surface area contributed by atoms with Gasteiger partial charge in [0.1, 0.15) is 17.4 Å². The monoisotopic (exact) mass is 431 g/mol. The number of carbonyl (C=O) groups is 1. The van der Waals surface area contributed by atoms with Crippen molar-refractivity contribution in [3.8, 4) is 11.8 Å². The van der Waals surface area contributed by atoms with Crippen LogP contribution in [0, 0.1) is 11.3 Å². The predicted octanol–water partition coefficient (Wildman–Crippen LogP) is 4.38. The zero-order valence-electron chi connectivity index (χ0n) is 15.7. The average molecular weight is 432 g/mol. The molecule has 0 atom stereocenters.